The quantitative estimate of drug-likeness (QED) is 0.891. The van der Waals surface area contributed by atoms with Gasteiger partial charge in [-0.1, -0.05) is 24.3 Å². The number of nitrogens with one attached hydrogen (secondary N) is 1. The molecule has 0 radical (unpaired) electrons. The number of aryl methyl sites for hydroxylation is 1. The van der Waals surface area contributed by atoms with Gasteiger partial charge in [0.25, 0.3) is 5.91 Å². The number of hydrogen-bond acceptors (Lipinski definition) is 3. The standard InChI is InChI=1S/C18H20FNO3/c1-11-7-8-13(10-16(11)19)12(2)20-18(22)17(21)14-5-4-6-15(9-14)23-3/h4-10,12,17,21H,1-3H3,(H,20,22). The second-order valence-corrected chi connectivity index (χ2v) is 5.42. The Labute approximate surface area is 134 Å². The number of ether oxygens (including phenoxy) is 1. The van der Waals surface area contributed by atoms with Crippen LogP contribution in [0.15, 0.2) is 42.5 Å². The Hall–Kier alpha value is -2.40. The zero-order valence-electron chi connectivity index (χ0n) is 13.3. The van der Waals surface area contributed by atoms with Gasteiger partial charge in [0.2, 0.25) is 0 Å². The first kappa shape index (κ1) is 17.0. The second-order valence-electron chi connectivity index (χ2n) is 5.42. The molecule has 0 aliphatic heterocycles. The van der Waals surface area contributed by atoms with Crippen LogP contribution < -0.4 is 10.1 Å². The van der Waals surface area contributed by atoms with Gasteiger partial charge in [0, 0.05) is 0 Å². The van der Waals surface area contributed by atoms with Gasteiger partial charge in [0.1, 0.15) is 11.6 Å². The van der Waals surface area contributed by atoms with E-state index >= 15 is 0 Å². The molecule has 0 bridgehead atoms. The van der Waals surface area contributed by atoms with Gasteiger partial charge in [0.15, 0.2) is 6.10 Å². The number of halogens is 1. The summed E-state index contributed by atoms with van der Waals surface area (Å²) in [5.74, 6) is -0.313. The lowest BCUT2D eigenvalue weighted by atomic mass is 10.0. The molecule has 0 heterocycles. The Morgan fingerprint density at radius 2 is 1.96 bits per heavy atom. The van der Waals surface area contributed by atoms with Crippen LogP contribution in [0.1, 0.15) is 35.8 Å². The van der Waals surface area contributed by atoms with Gasteiger partial charge in [-0.2, -0.15) is 0 Å². The van der Waals surface area contributed by atoms with E-state index in [1.54, 1.807) is 50.2 Å². The van der Waals surface area contributed by atoms with E-state index in [2.05, 4.69) is 5.32 Å². The number of carbonyl (C=O) groups is 1. The predicted molar refractivity (Wildman–Crippen MR) is 85.6 cm³/mol. The minimum Gasteiger partial charge on any atom is -0.497 e. The summed E-state index contributed by atoms with van der Waals surface area (Å²) in [5, 5.41) is 12.8. The van der Waals surface area contributed by atoms with Crippen LogP contribution >= 0.6 is 0 Å². The van der Waals surface area contributed by atoms with E-state index in [9.17, 15) is 14.3 Å². The lowest BCUT2D eigenvalue weighted by Gasteiger charge is -2.18. The lowest BCUT2D eigenvalue weighted by Crippen LogP contribution is -2.31. The molecule has 0 aromatic heterocycles. The first-order chi connectivity index (χ1) is 10.9. The maximum atomic E-state index is 13.6. The minimum absolute atomic E-state index is 0.322. The number of benzene rings is 2. The molecule has 1 amide bonds. The van der Waals surface area contributed by atoms with E-state index in [-0.39, 0.29) is 5.82 Å². The molecule has 5 heteroatoms. The molecule has 0 saturated carbocycles. The molecule has 2 aromatic carbocycles. The third-order valence-corrected chi connectivity index (χ3v) is 3.71. The third kappa shape index (κ3) is 4.07. The number of methoxy groups -OCH3 is 1. The minimum atomic E-state index is -1.32. The fourth-order valence-electron chi connectivity index (χ4n) is 2.22. The number of aliphatic hydroxyl groups excluding tert-OH is 1. The SMILES string of the molecule is COc1cccc(C(O)C(=O)NC(C)c2ccc(C)c(F)c2)c1. The fraction of sp³-hybridized carbons (Fsp3) is 0.278. The maximum absolute atomic E-state index is 13.6. The van der Waals surface area contributed by atoms with Gasteiger partial charge in [0.05, 0.1) is 13.2 Å². The zero-order chi connectivity index (χ0) is 17.0. The summed E-state index contributed by atoms with van der Waals surface area (Å²) in [5.41, 5.74) is 1.62. The molecule has 122 valence electrons. The van der Waals surface area contributed by atoms with Crippen LogP contribution in [0.25, 0.3) is 0 Å². The highest BCUT2D eigenvalue weighted by Gasteiger charge is 2.20. The van der Waals surface area contributed by atoms with E-state index in [4.69, 9.17) is 4.74 Å². The van der Waals surface area contributed by atoms with Crippen molar-refractivity contribution in [2.75, 3.05) is 7.11 Å². The molecule has 2 aromatic rings. The smallest absolute Gasteiger partial charge is 0.253 e. The summed E-state index contributed by atoms with van der Waals surface area (Å²) in [6.45, 7) is 3.41. The van der Waals surface area contributed by atoms with Crippen molar-refractivity contribution in [2.45, 2.75) is 26.0 Å². The predicted octanol–water partition coefficient (Wildman–Crippen LogP) is 3.05. The Balaban J connectivity index is 2.09. The molecular weight excluding hydrogens is 297 g/mol. The van der Waals surface area contributed by atoms with Gasteiger partial charge in [-0.05, 0) is 48.7 Å². The number of amides is 1. The summed E-state index contributed by atoms with van der Waals surface area (Å²) in [6.07, 6.45) is -1.32. The van der Waals surface area contributed by atoms with Gasteiger partial charge >= 0.3 is 0 Å². The molecular formula is C18H20FNO3. The average Bonchev–Trinajstić information content (AvgIpc) is 2.56. The Morgan fingerprint density at radius 1 is 1.22 bits per heavy atom. The molecule has 0 aliphatic rings. The van der Waals surface area contributed by atoms with Crippen molar-refractivity contribution in [3.8, 4) is 5.75 Å². The summed E-state index contributed by atoms with van der Waals surface area (Å²) in [4.78, 5) is 12.2. The number of rotatable bonds is 5. The molecule has 2 unspecified atom stereocenters. The van der Waals surface area contributed by atoms with E-state index in [1.807, 2.05) is 0 Å². The van der Waals surface area contributed by atoms with Crippen molar-refractivity contribution < 1.29 is 19.0 Å². The Kier molecular flexibility index (Phi) is 5.34. The maximum Gasteiger partial charge on any atom is 0.253 e. The molecule has 0 fully saturated rings. The van der Waals surface area contributed by atoms with Gasteiger partial charge < -0.3 is 15.2 Å². The van der Waals surface area contributed by atoms with Crippen LogP contribution in [0.4, 0.5) is 4.39 Å². The number of aliphatic hydroxyl groups is 1. The molecule has 4 nitrogen and oxygen atoms in total. The highest BCUT2D eigenvalue weighted by Crippen LogP contribution is 2.21. The third-order valence-electron chi connectivity index (χ3n) is 3.71. The fourth-order valence-corrected chi connectivity index (χ4v) is 2.22. The van der Waals surface area contributed by atoms with Crippen molar-refractivity contribution in [1.29, 1.82) is 0 Å². The summed E-state index contributed by atoms with van der Waals surface area (Å²) < 4.78 is 18.7. The van der Waals surface area contributed by atoms with Crippen LogP contribution in [0.5, 0.6) is 5.75 Å². The Bertz CT molecular complexity index is 702. The first-order valence-corrected chi connectivity index (χ1v) is 7.31. The van der Waals surface area contributed by atoms with E-state index in [1.165, 1.54) is 13.2 Å². The highest BCUT2D eigenvalue weighted by atomic mass is 19.1. The molecule has 23 heavy (non-hydrogen) atoms. The normalized spacial score (nSPS) is 13.3. The second kappa shape index (κ2) is 7.24. The zero-order valence-corrected chi connectivity index (χ0v) is 13.3. The van der Waals surface area contributed by atoms with Crippen molar-refractivity contribution in [2.24, 2.45) is 0 Å². The molecule has 2 rings (SSSR count). The highest BCUT2D eigenvalue weighted by molar-refractivity contribution is 5.82. The molecule has 2 N–H and O–H groups in total. The van der Waals surface area contributed by atoms with Crippen LogP contribution in [0, 0.1) is 12.7 Å². The van der Waals surface area contributed by atoms with Crippen molar-refractivity contribution in [3.05, 3.63) is 65.0 Å². The molecule has 0 spiro atoms. The number of carbonyl (C=O) groups excluding carboxylic acids is 1. The van der Waals surface area contributed by atoms with Crippen LogP contribution in [0.2, 0.25) is 0 Å². The van der Waals surface area contributed by atoms with Crippen molar-refractivity contribution in [3.63, 3.8) is 0 Å². The molecule has 0 saturated heterocycles. The van der Waals surface area contributed by atoms with Gasteiger partial charge in [-0.15, -0.1) is 0 Å². The topological polar surface area (TPSA) is 58.6 Å². The van der Waals surface area contributed by atoms with E-state index in [0.29, 0.717) is 22.4 Å². The lowest BCUT2D eigenvalue weighted by molar-refractivity contribution is -0.130. The van der Waals surface area contributed by atoms with Crippen molar-refractivity contribution in [1.82, 2.24) is 5.32 Å². The summed E-state index contributed by atoms with van der Waals surface area (Å²) in [6, 6.07) is 11.0. The van der Waals surface area contributed by atoms with E-state index < -0.39 is 18.1 Å². The largest absolute Gasteiger partial charge is 0.497 e. The summed E-state index contributed by atoms with van der Waals surface area (Å²) in [7, 11) is 1.51. The van der Waals surface area contributed by atoms with Crippen LogP contribution in [-0.4, -0.2) is 18.1 Å². The average molecular weight is 317 g/mol. The van der Waals surface area contributed by atoms with Gasteiger partial charge in [-0.25, -0.2) is 4.39 Å². The van der Waals surface area contributed by atoms with Crippen LogP contribution in [-0.2, 0) is 4.79 Å². The Morgan fingerprint density at radius 3 is 2.61 bits per heavy atom. The van der Waals surface area contributed by atoms with Crippen LogP contribution in [0.3, 0.4) is 0 Å². The molecule has 2 atom stereocenters. The first-order valence-electron chi connectivity index (χ1n) is 7.31. The van der Waals surface area contributed by atoms with E-state index in [0.717, 1.165) is 0 Å². The monoisotopic (exact) mass is 317 g/mol. The number of hydrogen-bond donors (Lipinski definition) is 2. The molecule has 0 aliphatic carbocycles. The summed E-state index contributed by atoms with van der Waals surface area (Å²) >= 11 is 0. The van der Waals surface area contributed by atoms with Crippen molar-refractivity contribution >= 4 is 5.91 Å². The van der Waals surface area contributed by atoms with Gasteiger partial charge in [-0.3, -0.25) is 4.79 Å².